The van der Waals surface area contributed by atoms with Gasteiger partial charge in [-0.25, -0.2) is 17.2 Å². The van der Waals surface area contributed by atoms with Crippen molar-refractivity contribution < 1.29 is 30.7 Å². The van der Waals surface area contributed by atoms with Crippen molar-refractivity contribution in [3.8, 4) is 6.07 Å². The van der Waals surface area contributed by atoms with Crippen molar-refractivity contribution in [1.82, 2.24) is 0 Å². The molecular weight excluding hydrogens is 314 g/mol. The van der Waals surface area contributed by atoms with Crippen molar-refractivity contribution in [3.63, 3.8) is 0 Å². The van der Waals surface area contributed by atoms with Gasteiger partial charge in [0.25, 0.3) is 0 Å². The van der Waals surface area contributed by atoms with Crippen LogP contribution in [0, 0.1) is 11.3 Å². The number of nitrogens with zero attached hydrogens (tertiary/aromatic N) is 1. The Balaban J connectivity index is 2.60. The zero-order valence-electron chi connectivity index (χ0n) is 10.6. The van der Waals surface area contributed by atoms with Gasteiger partial charge in [-0.2, -0.15) is 14.0 Å². The predicted octanol–water partition coefficient (Wildman–Crippen LogP) is 2.25. The van der Waals surface area contributed by atoms with Crippen LogP contribution in [0.2, 0.25) is 0 Å². The quantitative estimate of drug-likeness (QED) is 0.570. The molecule has 0 heterocycles. The van der Waals surface area contributed by atoms with Gasteiger partial charge >= 0.3 is 12.3 Å². The molecule has 9 heteroatoms. The first-order valence-corrected chi connectivity index (χ1v) is 7.31. The summed E-state index contributed by atoms with van der Waals surface area (Å²) in [6.45, 7) is -2.21. The van der Waals surface area contributed by atoms with Crippen LogP contribution in [0.15, 0.2) is 29.2 Å². The number of benzene rings is 1. The average molecular weight is 325 g/mol. The largest absolute Gasteiger partial charge is 0.374 e. The molecule has 0 aliphatic heterocycles. The van der Waals surface area contributed by atoms with Crippen LogP contribution in [0.1, 0.15) is 5.56 Å². The molecule has 0 aromatic heterocycles. The highest BCUT2D eigenvalue weighted by Gasteiger charge is 2.41. The standard InChI is InChI=1S/C12H11F4NO3S/c13-11(14)12(15,16)8-20-4-5-21(18,19)10-3-1-2-9(6-10)7-17/h1-3,6,11H,4-5,8H2. The molecule has 1 aromatic rings. The smallest absolute Gasteiger partial charge is 0.330 e. The van der Waals surface area contributed by atoms with Gasteiger partial charge in [-0.1, -0.05) is 6.07 Å². The molecule has 0 bridgehead atoms. The maximum absolute atomic E-state index is 12.5. The van der Waals surface area contributed by atoms with E-state index in [1.165, 1.54) is 18.2 Å². The normalized spacial score (nSPS) is 12.4. The van der Waals surface area contributed by atoms with E-state index >= 15 is 0 Å². The van der Waals surface area contributed by atoms with Crippen LogP contribution < -0.4 is 0 Å². The van der Waals surface area contributed by atoms with Crippen molar-refractivity contribution in [2.45, 2.75) is 17.2 Å². The highest BCUT2D eigenvalue weighted by atomic mass is 32.2. The van der Waals surface area contributed by atoms with Gasteiger partial charge in [0.05, 0.1) is 28.9 Å². The van der Waals surface area contributed by atoms with Crippen LogP contribution >= 0.6 is 0 Å². The summed E-state index contributed by atoms with van der Waals surface area (Å²) in [6, 6.07) is 6.89. The second-order valence-corrected chi connectivity index (χ2v) is 6.18. The Kier molecular flexibility index (Phi) is 5.69. The number of rotatable bonds is 7. The Morgan fingerprint density at radius 1 is 1.33 bits per heavy atom. The first-order chi connectivity index (χ1) is 9.69. The van der Waals surface area contributed by atoms with Gasteiger partial charge in [0, 0.05) is 0 Å². The SMILES string of the molecule is N#Cc1cccc(S(=O)(=O)CCOCC(F)(F)C(F)F)c1. The van der Waals surface area contributed by atoms with Crippen LogP contribution in [0.5, 0.6) is 0 Å². The molecule has 116 valence electrons. The lowest BCUT2D eigenvalue weighted by Gasteiger charge is -2.15. The van der Waals surface area contributed by atoms with E-state index < -0.39 is 41.2 Å². The minimum absolute atomic E-state index is 0.126. The first kappa shape index (κ1) is 17.4. The molecule has 0 atom stereocenters. The van der Waals surface area contributed by atoms with E-state index in [2.05, 4.69) is 4.74 Å². The average Bonchev–Trinajstić information content (AvgIpc) is 2.43. The van der Waals surface area contributed by atoms with Crippen molar-refractivity contribution in [3.05, 3.63) is 29.8 Å². The van der Waals surface area contributed by atoms with Gasteiger partial charge in [-0.15, -0.1) is 0 Å². The molecule has 4 nitrogen and oxygen atoms in total. The van der Waals surface area contributed by atoms with Crippen LogP contribution in [0.3, 0.4) is 0 Å². The molecule has 0 spiro atoms. The van der Waals surface area contributed by atoms with E-state index in [-0.39, 0.29) is 10.5 Å². The Hall–Kier alpha value is -1.66. The Morgan fingerprint density at radius 3 is 2.57 bits per heavy atom. The van der Waals surface area contributed by atoms with E-state index in [1.807, 2.05) is 0 Å². The summed E-state index contributed by atoms with van der Waals surface area (Å²) in [6.07, 6.45) is -3.87. The molecule has 0 saturated carbocycles. The van der Waals surface area contributed by atoms with Crippen molar-refractivity contribution in [2.24, 2.45) is 0 Å². The van der Waals surface area contributed by atoms with Crippen LogP contribution in [-0.2, 0) is 14.6 Å². The van der Waals surface area contributed by atoms with Gasteiger partial charge in [-0.05, 0) is 18.2 Å². The van der Waals surface area contributed by atoms with Crippen molar-refractivity contribution in [2.75, 3.05) is 19.0 Å². The van der Waals surface area contributed by atoms with E-state index in [0.717, 1.165) is 6.07 Å². The Labute approximate surface area is 118 Å². The van der Waals surface area contributed by atoms with E-state index in [9.17, 15) is 26.0 Å². The van der Waals surface area contributed by atoms with Gasteiger partial charge in [-0.3, -0.25) is 0 Å². The van der Waals surface area contributed by atoms with Crippen molar-refractivity contribution >= 4 is 9.84 Å². The predicted molar refractivity (Wildman–Crippen MR) is 65.0 cm³/mol. The third-order valence-electron chi connectivity index (χ3n) is 2.43. The molecule has 0 unspecified atom stereocenters. The van der Waals surface area contributed by atoms with Crippen LogP contribution in [0.4, 0.5) is 17.6 Å². The second kappa shape index (κ2) is 6.87. The summed E-state index contributed by atoms with van der Waals surface area (Å²) < 4.78 is 76.7. The number of sulfone groups is 1. The summed E-state index contributed by atoms with van der Waals surface area (Å²) in [5.41, 5.74) is 0.126. The fourth-order valence-corrected chi connectivity index (χ4v) is 2.48. The first-order valence-electron chi connectivity index (χ1n) is 5.66. The lowest BCUT2D eigenvalue weighted by atomic mass is 10.2. The van der Waals surface area contributed by atoms with Gasteiger partial charge in [0.1, 0.15) is 6.61 Å². The molecular formula is C12H11F4NO3S. The third kappa shape index (κ3) is 4.99. The zero-order valence-corrected chi connectivity index (χ0v) is 11.4. The maximum atomic E-state index is 12.5. The summed E-state index contributed by atoms with van der Waals surface area (Å²) >= 11 is 0. The highest BCUT2D eigenvalue weighted by molar-refractivity contribution is 7.91. The second-order valence-electron chi connectivity index (χ2n) is 4.07. The Morgan fingerprint density at radius 2 is 2.00 bits per heavy atom. The molecule has 1 rings (SSSR count). The molecule has 0 saturated heterocycles. The summed E-state index contributed by atoms with van der Waals surface area (Å²) in [7, 11) is -3.84. The van der Waals surface area contributed by atoms with Crippen LogP contribution in [0.25, 0.3) is 0 Å². The van der Waals surface area contributed by atoms with E-state index in [4.69, 9.17) is 5.26 Å². The van der Waals surface area contributed by atoms with Gasteiger partial charge < -0.3 is 4.74 Å². The number of hydrogen-bond acceptors (Lipinski definition) is 4. The van der Waals surface area contributed by atoms with E-state index in [0.29, 0.717) is 0 Å². The van der Waals surface area contributed by atoms with E-state index in [1.54, 1.807) is 6.07 Å². The van der Waals surface area contributed by atoms with Gasteiger partial charge in [0.2, 0.25) is 0 Å². The molecule has 0 amide bonds. The summed E-state index contributed by atoms with van der Waals surface area (Å²) in [4.78, 5) is -0.161. The number of hydrogen-bond donors (Lipinski definition) is 0. The fraction of sp³-hybridized carbons (Fsp3) is 0.417. The molecule has 0 aliphatic carbocycles. The van der Waals surface area contributed by atoms with Crippen LogP contribution in [-0.4, -0.2) is 39.7 Å². The summed E-state index contributed by atoms with van der Waals surface area (Å²) in [5.74, 6) is -4.97. The Bertz CT molecular complexity index is 626. The molecule has 0 fully saturated rings. The van der Waals surface area contributed by atoms with Crippen molar-refractivity contribution in [1.29, 1.82) is 5.26 Å². The minimum atomic E-state index is -4.31. The number of halogens is 4. The fourth-order valence-electron chi connectivity index (χ4n) is 1.32. The molecule has 1 aromatic carbocycles. The number of ether oxygens (including phenoxy) is 1. The molecule has 0 aliphatic rings. The molecule has 0 N–H and O–H groups in total. The number of nitriles is 1. The molecule has 21 heavy (non-hydrogen) atoms. The third-order valence-corrected chi connectivity index (χ3v) is 4.11. The summed E-state index contributed by atoms with van der Waals surface area (Å²) in [5, 5.41) is 8.66. The number of alkyl halides is 4. The lowest BCUT2D eigenvalue weighted by Crippen LogP contribution is -2.33. The zero-order chi connectivity index (χ0) is 16.1. The van der Waals surface area contributed by atoms with Gasteiger partial charge in [0.15, 0.2) is 9.84 Å². The highest BCUT2D eigenvalue weighted by Crippen LogP contribution is 2.23. The minimum Gasteiger partial charge on any atom is -0.374 e. The molecule has 0 radical (unpaired) electrons. The maximum Gasteiger partial charge on any atom is 0.330 e. The lowest BCUT2D eigenvalue weighted by molar-refractivity contribution is -0.164. The monoisotopic (exact) mass is 325 g/mol. The topological polar surface area (TPSA) is 67.2 Å².